The van der Waals surface area contributed by atoms with Crippen LogP contribution in [0, 0.1) is 0 Å². The average Bonchev–Trinajstić information content (AvgIpc) is 2.51. The number of hydrogen-bond donors (Lipinski definition) is 0. The highest BCUT2D eigenvalue weighted by atomic mass is 16.5. The molecule has 1 aromatic carbocycles. The molecule has 0 aliphatic rings. The number of benzene rings is 1. The van der Waals surface area contributed by atoms with Crippen molar-refractivity contribution in [2.24, 2.45) is 0 Å². The summed E-state index contributed by atoms with van der Waals surface area (Å²) in [5.74, 6) is -0.174. The molecule has 0 aliphatic heterocycles. The molecule has 1 rings (SSSR count). The van der Waals surface area contributed by atoms with Crippen LogP contribution in [0.25, 0.3) is 0 Å². The predicted octanol–water partition coefficient (Wildman–Crippen LogP) is 5.54. The monoisotopic (exact) mass is 290 g/mol. The van der Waals surface area contributed by atoms with Crippen LogP contribution in [-0.4, -0.2) is 12.1 Å². The first kappa shape index (κ1) is 17.7. The molecule has 1 aromatic rings. The number of carbonyl (C=O) groups excluding carboxylic acids is 1. The van der Waals surface area contributed by atoms with E-state index in [-0.39, 0.29) is 12.1 Å². The molecule has 2 nitrogen and oxygen atoms in total. The van der Waals surface area contributed by atoms with Crippen molar-refractivity contribution in [1.29, 1.82) is 0 Å². The van der Waals surface area contributed by atoms with Crippen LogP contribution in [0.3, 0.4) is 0 Å². The highest BCUT2D eigenvalue weighted by Gasteiger charge is 2.14. The van der Waals surface area contributed by atoms with Crippen molar-refractivity contribution in [2.75, 3.05) is 0 Å². The zero-order valence-corrected chi connectivity index (χ0v) is 13.9. The Bertz CT molecular complexity index is 395. The Hall–Kier alpha value is -1.31. The van der Waals surface area contributed by atoms with Gasteiger partial charge in [-0.25, -0.2) is 4.79 Å². The van der Waals surface area contributed by atoms with Crippen molar-refractivity contribution in [2.45, 2.75) is 78.2 Å². The van der Waals surface area contributed by atoms with E-state index < -0.39 is 0 Å². The van der Waals surface area contributed by atoms with Gasteiger partial charge in [0.1, 0.15) is 6.10 Å². The molecule has 2 heteroatoms. The second kappa shape index (κ2) is 10.4. The molecule has 0 bridgehead atoms. The zero-order valence-electron chi connectivity index (χ0n) is 13.9. The van der Waals surface area contributed by atoms with Crippen LogP contribution in [0.4, 0.5) is 0 Å². The number of esters is 1. The van der Waals surface area contributed by atoms with Gasteiger partial charge in [0.15, 0.2) is 0 Å². The fourth-order valence-electron chi connectivity index (χ4n) is 2.42. The second-order valence-electron chi connectivity index (χ2n) is 5.76. The standard InChI is InChI=1S/C19H30O2/c1-4-7-10-16-12-14-17(15-13-16)19(20)21-18(9-6-3)11-8-5-2/h12-15,18H,4-11H2,1-3H3. The van der Waals surface area contributed by atoms with Gasteiger partial charge in [-0.05, 0) is 43.4 Å². The highest BCUT2D eigenvalue weighted by Crippen LogP contribution is 2.15. The largest absolute Gasteiger partial charge is 0.459 e. The molecule has 0 saturated heterocycles. The van der Waals surface area contributed by atoms with Crippen LogP contribution in [0.5, 0.6) is 0 Å². The van der Waals surface area contributed by atoms with E-state index in [9.17, 15) is 4.79 Å². The summed E-state index contributed by atoms with van der Waals surface area (Å²) < 4.78 is 5.66. The summed E-state index contributed by atoms with van der Waals surface area (Å²) in [5.41, 5.74) is 1.97. The fourth-order valence-corrected chi connectivity index (χ4v) is 2.42. The maximum absolute atomic E-state index is 12.2. The Morgan fingerprint density at radius 1 is 0.952 bits per heavy atom. The third-order valence-corrected chi connectivity index (χ3v) is 3.77. The first-order chi connectivity index (χ1) is 10.2. The predicted molar refractivity (Wildman–Crippen MR) is 88.7 cm³/mol. The van der Waals surface area contributed by atoms with E-state index >= 15 is 0 Å². The van der Waals surface area contributed by atoms with Gasteiger partial charge >= 0.3 is 5.97 Å². The van der Waals surface area contributed by atoms with Crippen molar-refractivity contribution in [3.8, 4) is 0 Å². The Morgan fingerprint density at radius 3 is 2.19 bits per heavy atom. The van der Waals surface area contributed by atoms with Crippen LogP contribution < -0.4 is 0 Å². The van der Waals surface area contributed by atoms with E-state index in [0.717, 1.165) is 38.5 Å². The molecule has 0 fully saturated rings. The molecule has 0 aromatic heterocycles. The molecule has 21 heavy (non-hydrogen) atoms. The molecule has 1 atom stereocenters. The number of aryl methyl sites for hydroxylation is 1. The molecule has 0 amide bonds. The summed E-state index contributed by atoms with van der Waals surface area (Å²) in [4.78, 5) is 12.2. The summed E-state index contributed by atoms with van der Waals surface area (Å²) in [7, 11) is 0. The minimum Gasteiger partial charge on any atom is -0.459 e. The third-order valence-electron chi connectivity index (χ3n) is 3.77. The quantitative estimate of drug-likeness (QED) is 0.528. The minimum absolute atomic E-state index is 0.0715. The molecular weight excluding hydrogens is 260 g/mol. The molecule has 0 heterocycles. The molecule has 0 radical (unpaired) electrons. The summed E-state index contributed by atoms with van der Waals surface area (Å²) in [6.45, 7) is 6.49. The second-order valence-corrected chi connectivity index (χ2v) is 5.76. The van der Waals surface area contributed by atoms with Crippen LogP contribution in [0.2, 0.25) is 0 Å². The maximum Gasteiger partial charge on any atom is 0.338 e. The lowest BCUT2D eigenvalue weighted by Crippen LogP contribution is -2.18. The SMILES string of the molecule is CCCCc1ccc(C(=O)OC(CCC)CCCC)cc1. The molecule has 0 aliphatic carbocycles. The van der Waals surface area contributed by atoms with Gasteiger partial charge in [-0.1, -0.05) is 58.6 Å². The first-order valence-electron chi connectivity index (χ1n) is 8.51. The topological polar surface area (TPSA) is 26.3 Å². The number of unbranched alkanes of at least 4 members (excludes halogenated alkanes) is 2. The lowest BCUT2D eigenvalue weighted by atomic mass is 10.1. The van der Waals surface area contributed by atoms with Crippen molar-refractivity contribution in [1.82, 2.24) is 0 Å². The van der Waals surface area contributed by atoms with Gasteiger partial charge in [0, 0.05) is 0 Å². The summed E-state index contributed by atoms with van der Waals surface area (Å²) in [6, 6.07) is 7.90. The number of ether oxygens (including phenoxy) is 1. The summed E-state index contributed by atoms with van der Waals surface area (Å²) >= 11 is 0. The smallest absolute Gasteiger partial charge is 0.338 e. The number of carbonyl (C=O) groups is 1. The van der Waals surface area contributed by atoms with E-state index in [0.29, 0.717) is 5.56 Å². The van der Waals surface area contributed by atoms with Crippen LogP contribution in [-0.2, 0) is 11.2 Å². The van der Waals surface area contributed by atoms with Gasteiger partial charge in [0.25, 0.3) is 0 Å². The van der Waals surface area contributed by atoms with Crippen LogP contribution in [0.1, 0.15) is 81.6 Å². The van der Waals surface area contributed by atoms with Crippen LogP contribution in [0.15, 0.2) is 24.3 Å². The van der Waals surface area contributed by atoms with Crippen molar-refractivity contribution in [3.63, 3.8) is 0 Å². The maximum atomic E-state index is 12.2. The zero-order chi connectivity index (χ0) is 15.5. The molecule has 0 saturated carbocycles. The van der Waals surface area contributed by atoms with E-state index in [4.69, 9.17) is 4.74 Å². The van der Waals surface area contributed by atoms with Gasteiger partial charge in [0.2, 0.25) is 0 Å². The first-order valence-corrected chi connectivity index (χ1v) is 8.51. The van der Waals surface area contributed by atoms with Gasteiger partial charge in [0.05, 0.1) is 5.56 Å². The summed E-state index contributed by atoms with van der Waals surface area (Å²) in [6.07, 6.45) is 8.79. The number of hydrogen-bond acceptors (Lipinski definition) is 2. The molecular formula is C19H30O2. The fraction of sp³-hybridized carbons (Fsp3) is 0.632. The lowest BCUT2D eigenvalue weighted by Gasteiger charge is -2.17. The van der Waals surface area contributed by atoms with E-state index in [1.807, 2.05) is 24.3 Å². The Labute approximate surface area is 129 Å². The van der Waals surface area contributed by atoms with Gasteiger partial charge < -0.3 is 4.74 Å². The van der Waals surface area contributed by atoms with Crippen molar-refractivity contribution >= 4 is 5.97 Å². The molecule has 118 valence electrons. The molecule has 1 unspecified atom stereocenters. The van der Waals surface area contributed by atoms with E-state index in [1.54, 1.807) is 0 Å². The highest BCUT2D eigenvalue weighted by molar-refractivity contribution is 5.89. The minimum atomic E-state index is -0.174. The third kappa shape index (κ3) is 6.79. The average molecular weight is 290 g/mol. The molecule has 0 spiro atoms. The Morgan fingerprint density at radius 2 is 1.62 bits per heavy atom. The van der Waals surface area contributed by atoms with E-state index in [2.05, 4.69) is 20.8 Å². The normalized spacial score (nSPS) is 12.1. The van der Waals surface area contributed by atoms with Crippen molar-refractivity contribution in [3.05, 3.63) is 35.4 Å². The Kier molecular flexibility index (Phi) is 8.80. The van der Waals surface area contributed by atoms with Gasteiger partial charge in [-0.15, -0.1) is 0 Å². The number of rotatable bonds is 10. The van der Waals surface area contributed by atoms with Crippen molar-refractivity contribution < 1.29 is 9.53 Å². The van der Waals surface area contributed by atoms with Gasteiger partial charge in [-0.3, -0.25) is 0 Å². The van der Waals surface area contributed by atoms with E-state index in [1.165, 1.54) is 18.4 Å². The summed E-state index contributed by atoms with van der Waals surface area (Å²) in [5, 5.41) is 0. The van der Waals surface area contributed by atoms with Gasteiger partial charge in [-0.2, -0.15) is 0 Å². The Balaban J connectivity index is 2.56. The van der Waals surface area contributed by atoms with Crippen LogP contribution >= 0.6 is 0 Å². The lowest BCUT2D eigenvalue weighted by molar-refractivity contribution is 0.0255. The molecule has 0 N–H and O–H groups in total.